The maximum Gasteiger partial charge on any atom is 0.304 e. The summed E-state index contributed by atoms with van der Waals surface area (Å²) in [5, 5.41) is 8.55. The van der Waals surface area contributed by atoms with E-state index in [9.17, 15) is 9.59 Å². The monoisotopic (exact) mass is 186 g/mol. The maximum atomic E-state index is 11.0. The van der Waals surface area contributed by atoms with Crippen LogP contribution in [0.1, 0.15) is 40.0 Å². The number of hydrogen-bond acceptors (Lipinski definition) is 2. The molecule has 3 heteroatoms. The molecule has 0 spiro atoms. The summed E-state index contributed by atoms with van der Waals surface area (Å²) in [7, 11) is 0. The molecule has 0 aromatic carbocycles. The quantitative estimate of drug-likeness (QED) is 0.691. The van der Waals surface area contributed by atoms with Gasteiger partial charge in [-0.1, -0.05) is 20.3 Å². The lowest BCUT2D eigenvalue weighted by atomic mass is 9.92. The second-order valence-electron chi connectivity index (χ2n) is 3.88. The van der Waals surface area contributed by atoms with E-state index in [0.717, 1.165) is 6.42 Å². The number of hydrogen-bond donors (Lipinski definition) is 1. The number of carbonyl (C=O) groups excluding carboxylic acids is 1. The minimum atomic E-state index is -0.885. The minimum Gasteiger partial charge on any atom is -0.481 e. The number of ketones is 1. The number of carboxylic acids is 1. The highest BCUT2D eigenvalue weighted by Crippen LogP contribution is 2.16. The molecule has 0 aliphatic rings. The third-order valence-corrected chi connectivity index (χ3v) is 2.09. The predicted octanol–water partition coefficient (Wildman–Crippen LogP) is 2.10. The highest BCUT2D eigenvalue weighted by atomic mass is 16.4. The summed E-state index contributed by atoms with van der Waals surface area (Å²) in [6.07, 6.45) is 1.58. The van der Waals surface area contributed by atoms with Crippen molar-refractivity contribution >= 4 is 11.8 Å². The van der Waals surface area contributed by atoms with Gasteiger partial charge in [0.2, 0.25) is 0 Å². The van der Waals surface area contributed by atoms with Crippen LogP contribution < -0.4 is 0 Å². The smallest absolute Gasteiger partial charge is 0.304 e. The van der Waals surface area contributed by atoms with Gasteiger partial charge in [0.1, 0.15) is 5.78 Å². The minimum absolute atomic E-state index is 0.0111. The van der Waals surface area contributed by atoms with Crippen molar-refractivity contribution in [2.45, 2.75) is 40.0 Å². The summed E-state index contributed by atoms with van der Waals surface area (Å²) in [6.45, 7) is 5.60. The Morgan fingerprint density at radius 3 is 2.08 bits per heavy atom. The second kappa shape index (κ2) is 5.73. The van der Waals surface area contributed by atoms with Crippen LogP contribution in [0.3, 0.4) is 0 Å². The van der Waals surface area contributed by atoms with Crippen LogP contribution in [0.4, 0.5) is 0 Å². The molecule has 1 N–H and O–H groups in total. The molecule has 0 radical (unpaired) electrons. The molecule has 0 saturated carbocycles. The largest absolute Gasteiger partial charge is 0.481 e. The molecule has 13 heavy (non-hydrogen) atoms. The van der Waals surface area contributed by atoms with Crippen molar-refractivity contribution < 1.29 is 14.7 Å². The fourth-order valence-electron chi connectivity index (χ4n) is 1.19. The summed E-state index contributed by atoms with van der Waals surface area (Å²) < 4.78 is 0. The van der Waals surface area contributed by atoms with Gasteiger partial charge >= 0.3 is 5.97 Å². The van der Waals surface area contributed by atoms with Crippen LogP contribution in [-0.2, 0) is 9.59 Å². The molecule has 0 amide bonds. The lowest BCUT2D eigenvalue weighted by Gasteiger charge is -2.12. The Balaban J connectivity index is 3.95. The van der Waals surface area contributed by atoms with Gasteiger partial charge in [-0.05, 0) is 19.3 Å². The van der Waals surface area contributed by atoms with E-state index in [-0.39, 0.29) is 18.1 Å². The van der Waals surface area contributed by atoms with Gasteiger partial charge in [-0.25, -0.2) is 0 Å². The van der Waals surface area contributed by atoms with E-state index in [2.05, 4.69) is 13.8 Å². The van der Waals surface area contributed by atoms with E-state index in [1.807, 2.05) is 0 Å². The van der Waals surface area contributed by atoms with Crippen LogP contribution in [0, 0.1) is 11.8 Å². The Hall–Kier alpha value is -0.860. The number of carboxylic acid groups (broad SMARTS) is 1. The van der Waals surface area contributed by atoms with Gasteiger partial charge in [-0.15, -0.1) is 0 Å². The van der Waals surface area contributed by atoms with Crippen LogP contribution in [0.15, 0.2) is 0 Å². The summed E-state index contributed by atoms with van der Waals surface area (Å²) in [6, 6.07) is 0. The average Bonchev–Trinajstić information content (AvgIpc) is 1.96. The molecular formula is C10H18O3. The molecule has 0 bridgehead atoms. The Kier molecular flexibility index (Phi) is 5.35. The zero-order valence-corrected chi connectivity index (χ0v) is 8.54. The molecule has 0 saturated heterocycles. The first-order chi connectivity index (χ1) is 5.93. The van der Waals surface area contributed by atoms with Gasteiger partial charge in [0.15, 0.2) is 0 Å². The summed E-state index contributed by atoms with van der Waals surface area (Å²) in [4.78, 5) is 21.4. The standard InChI is InChI=1S/C10H18O3/c1-7(2)4-5-9(8(3)11)6-10(12)13/h7,9H,4-6H2,1-3H3,(H,12,13). The number of carbonyl (C=O) groups is 2. The van der Waals surface area contributed by atoms with Crippen molar-refractivity contribution in [3.63, 3.8) is 0 Å². The second-order valence-corrected chi connectivity index (χ2v) is 3.88. The fourth-order valence-corrected chi connectivity index (χ4v) is 1.19. The van der Waals surface area contributed by atoms with Crippen LogP contribution in [-0.4, -0.2) is 16.9 Å². The van der Waals surface area contributed by atoms with Crippen molar-refractivity contribution in [1.82, 2.24) is 0 Å². The van der Waals surface area contributed by atoms with E-state index in [1.165, 1.54) is 6.92 Å². The van der Waals surface area contributed by atoms with E-state index in [0.29, 0.717) is 12.3 Å². The highest BCUT2D eigenvalue weighted by Gasteiger charge is 2.17. The Bertz CT molecular complexity index is 185. The molecule has 0 rings (SSSR count). The molecule has 0 aromatic heterocycles. The van der Waals surface area contributed by atoms with Crippen LogP contribution in [0.25, 0.3) is 0 Å². The molecule has 0 aliphatic carbocycles. The average molecular weight is 186 g/mol. The van der Waals surface area contributed by atoms with Gasteiger partial charge in [0, 0.05) is 5.92 Å². The third kappa shape index (κ3) is 6.31. The summed E-state index contributed by atoms with van der Waals surface area (Å²) in [5.41, 5.74) is 0. The first-order valence-corrected chi connectivity index (χ1v) is 4.65. The van der Waals surface area contributed by atoms with Gasteiger partial charge < -0.3 is 5.11 Å². The Labute approximate surface area is 79.1 Å². The molecule has 0 aromatic rings. The van der Waals surface area contributed by atoms with Gasteiger partial charge in [-0.2, -0.15) is 0 Å². The molecule has 0 aliphatic heterocycles. The molecule has 76 valence electrons. The zero-order valence-electron chi connectivity index (χ0n) is 8.54. The lowest BCUT2D eigenvalue weighted by Crippen LogP contribution is -2.16. The van der Waals surface area contributed by atoms with Crippen molar-refractivity contribution in [3.05, 3.63) is 0 Å². The molecule has 3 nitrogen and oxygen atoms in total. The number of rotatable bonds is 6. The van der Waals surface area contributed by atoms with Crippen LogP contribution in [0.5, 0.6) is 0 Å². The number of aliphatic carboxylic acids is 1. The molecule has 1 unspecified atom stereocenters. The van der Waals surface area contributed by atoms with Crippen molar-refractivity contribution in [2.75, 3.05) is 0 Å². The fraction of sp³-hybridized carbons (Fsp3) is 0.800. The molecular weight excluding hydrogens is 168 g/mol. The van der Waals surface area contributed by atoms with Gasteiger partial charge in [0.25, 0.3) is 0 Å². The van der Waals surface area contributed by atoms with E-state index < -0.39 is 5.97 Å². The SMILES string of the molecule is CC(=O)C(CCC(C)C)CC(=O)O. The Morgan fingerprint density at radius 2 is 1.77 bits per heavy atom. The van der Waals surface area contributed by atoms with Crippen molar-refractivity contribution in [2.24, 2.45) is 11.8 Å². The van der Waals surface area contributed by atoms with Crippen molar-refractivity contribution in [1.29, 1.82) is 0 Å². The topological polar surface area (TPSA) is 54.4 Å². The summed E-state index contributed by atoms with van der Waals surface area (Å²) in [5.74, 6) is -0.664. The van der Waals surface area contributed by atoms with E-state index in [4.69, 9.17) is 5.11 Å². The molecule has 1 atom stereocenters. The lowest BCUT2D eigenvalue weighted by molar-refractivity contribution is -0.140. The molecule has 0 fully saturated rings. The first-order valence-electron chi connectivity index (χ1n) is 4.65. The van der Waals surface area contributed by atoms with Crippen LogP contribution in [0.2, 0.25) is 0 Å². The molecule has 0 heterocycles. The number of Topliss-reactive ketones (excluding diaryl/α,β-unsaturated/α-hetero) is 1. The van der Waals surface area contributed by atoms with Gasteiger partial charge in [-0.3, -0.25) is 9.59 Å². The van der Waals surface area contributed by atoms with E-state index >= 15 is 0 Å². The maximum absolute atomic E-state index is 11.0. The normalized spacial score (nSPS) is 12.9. The highest BCUT2D eigenvalue weighted by molar-refractivity contribution is 5.82. The van der Waals surface area contributed by atoms with Crippen molar-refractivity contribution in [3.8, 4) is 0 Å². The third-order valence-electron chi connectivity index (χ3n) is 2.09. The predicted molar refractivity (Wildman–Crippen MR) is 50.5 cm³/mol. The van der Waals surface area contributed by atoms with Crippen LogP contribution >= 0.6 is 0 Å². The van der Waals surface area contributed by atoms with Gasteiger partial charge in [0.05, 0.1) is 6.42 Å². The summed E-state index contributed by atoms with van der Waals surface area (Å²) >= 11 is 0. The zero-order chi connectivity index (χ0) is 10.4. The first kappa shape index (κ1) is 12.1. The van der Waals surface area contributed by atoms with E-state index in [1.54, 1.807) is 0 Å². The Morgan fingerprint density at radius 1 is 1.23 bits per heavy atom.